The van der Waals surface area contributed by atoms with Crippen molar-refractivity contribution in [1.82, 2.24) is 4.98 Å². The molecule has 5 nitrogen and oxygen atoms in total. The average molecular weight is 213 g/mol. The fourth-order valence-electron chi connectivity index (χ4n) is 1.67. The SMILES string of the molecule is N#Cc1cc2cc3c(cc2nc1N)OCO3. The molecule has 1 aromatic carbocycles. The lowest BCUT2D eigenvalue weighted by Gasteiger charge is -2.02. The van der Waals surface area contributed by atoms with Crippen LogP contribution in [0.2, 0.25) is 0 Å². The summed E-state index contributed by atoms with van der Waals surface area (Å²) < 4.78 is 10.5. The Morgan fingerprint density at radius 2 is 2.00 bits per heavy atom. The molecule has 0 bridgehead atoms. The molecular formula is C11H7N3O2. The topological polar surface area (TPSA) is 81.2 Å². The van der Waals surface area contributed by atoms with Gasteiger partial charge in [-0.15, -0.1) is 0 Å². The summed E-state index contributed by atoms with van der Waals surface area (Å²) in [4.78, 5) is 4.14. The number of hydrogen-bond donors (Lipinski definition) is 1. The zero-order valence-electron chi connectivity index (χ0n) is 8.23. The Kier molecular flexibility index (Phi) is 1.65. The van der Waals surface area contributed by atoms with Gasteiger partial charge in [-0.05, 0) is 12.1 Å². The maximum Gasteiger partial charge on any atom is 0.231 e. The van der Waals surface area contributed by atoms with Gasteiger partial charge in [-0.1, -0.05) is 0 Å². The summed E-state index contributed by atoms with van der Waals surface area (Å²) in [6.45, 7) is 0.215. The summed E-state index contributed by atoms with van der Waals surface area (Å²) in [6.07, 6.45) is 0. The third kappa shape index (κ3) is 1.13. The van der Waals surface area contributed by atoms with Gasteiger partial charge in [0.05, 0.1) is 11.1 Å². The van der Waals surface area contributed by atoms with E-state index in [2.05, 4.69) is 4.98 Å². The molecule has 1 aliphatic rings. The first-order chi connectivity index (χ1) is 7.78. The standard InChI is InChI=1S/C11H7N3O2/c12-4-7-1-6-2-9-10(16-5-15-9)3-8(6)14-11(7)13/h1-3H,5H2,(H2,13,14). The summed E-state index contributed by atoms with van der Waals surface area (Å²) in [6, 6.07) is 7.25. The van der Waals surface area contributed by atoms with Crippen LogP contribution >= 0.6 is 0 Å². The van der Waals surface area contributed by atoms with Crippen molar-refractivity contribution in [2.24, 2.45) is 0 Å². The number of pyridine rings is 1. The van der Waals surface area contributed by atoms with Gasteiger partial charge in [0.25, 0.3) is 0 Å². The van der Waals surface area contributed by atoms with E-state index in [1.54, 1.807) is 18.2 Å². The minimum Gasteiger partial charge on any atom is -0.454 e. The number of anilines is 1. The van der Waals surface area contributed by atoms with Crippen LogP contribution in [0, 0.1) is 11.3 Å². The van der Waals surface area contributed by atoms with Gasteiger partial charge in [-0.25, -0.2) is 4.98 Å². The number of nitrogens with zero attached hydrogens (tertiary/aromatic N) is 2. The number of benzene rings is 1. The van der Waals surface area contributed by atoms with E-state index >= 15 is 0 Å². The smallest absolute Gasteiger partial charge is 0.231 e. The summed E-state index contributed by atoms with van der Waals surface area (Å²) >= 11 is 0. The Balaban J connectivity index is 2.33. The molecule has 2 N–H and O–H groups in total. The first-order valence-corrected chi connectivity index (χ1v) is 4.68. The van der Waals surface area contributed by atoms with Crippen molar-refractivity contribution in [3.63, 3.8) is 0 Å². The van der Waals surface area contributed by atoms with Crippen LogP contribution < -0.4 is 15.2 Å². The second-order valence-corrected chi connectivity index (χ2v) is 3.43. The summed E-state index contributed by atoms with van der Waals surface area (Å²) in [5.41, 5.74) is 6.70. The van der Waals surface area contributed by atoms with Crippen molar-refractivity contribution >= 4 is 16.7 Å². The van der Waals surface area contributed by atoms with Crippen LogP contribution in [-0.2, 0) is 0 Å². The van der Waals surface area contributed by atoms with Crippen LogP contribution in [0.4, 0.5) is 5.82 Å². The number of fused-ring (bicyclic) bond motifs is 2. The molecule has 1 aromatic heterocycles. The van der Waals surface area contributed by atoms with E-state index in [1.807, 2.05) is 6.07 Å². The van der Waals surface area contributed by atoms with E-state index in [1.165, 1.54) is 0 Å². The number of nitriles is 1. The zero-order chi connectivity index (χ0) is 11.1. The van der Waals surface area contributed by atoms with Crippen LogP contribution in [0.1, 0.15) is 5.56 Å². The second kappa shape index (κ2) is 3.00. The molecule has 0 atom stereocenters. The van der Waals surface area contributed by atoms with Gasteiger partial charge < -0.3 is 15.2 Å². The van der Waals surface area contributed by atoms with Gasteiger partial charge in [-0.2, -0.15) is 5.26 Å². The molecule has 2 heterocycles. The van der Waals surface area contributed by atoms with Crippen LogP contribution in [0.25, 0.3) is 10.9 Å². The first-order valence-electron chi connectivity index (χ1n) is 4.68. The van der Waals surface area contributed by atoms with Crippen LogP contribution in [0.5, 0.6) is 11.5 Å². The molecule has 0 saturated carbocycles. The fraction of sp³-hybridized carbons (Fsp3) is 0.0909. The predicted molar refractivity (Wildman–Crippen MR) is 57.0 cm³/mol. The molecule has 0 radical (unpaired) electrons. The molecule has 1 aliphatic heterocycles. The van der Waals surface area contributed by atoms with Crippen molar-refractivity contribution in [3.05, 3.63) is 23.8 Å². The summed E-state index contributed by atoms with van der Waals surface area (Å²) in [5, 5.41) is 9.66. The molecule has 2 aromatic rings. The molecule has 0 unspecified atom stereocenters. The van der Waals surface area contributed by atoms with Crippen molar-refractivity contribution < 1.29 is 9.47 Å². The lowest BCUT2D eigenvalue weighted by Crippen LogP contribution is -1.95. The molecule has 78 valence electrons. The highest BCUT2D eigenvalue weighted by Crippen LogP contribution is 2.36. The second-order valence-electron chi connectivity index (χ2n) is 3.43. The molecule has 0 amide bonds. The van der Waals surface area contributed by atoms with E-state index in [9.17, 15) is 0 Å². The first kappa shape index (κ1) is 8.80. The quantitative estimate of drug-likeness (QED) is 0.715. The van der Waals surface area contributed by atoms with Crippen molar-refractivity contribution in [3.8, 4) is 17.6 Å². The largest absolute Gasteiger partial charge is 0.454 e. The van der Waals surface area contributed by atoms with Gasteiger partial charge >= 0.3 is 0 Å². The molecule has 0 aliphatic carbocycles. The van der Waals surface area contributed by atoms with E-state index in [0.717, 1.165) is 5.39 Å². The van der Waals surface area contributed by atoms with Crippen LogP contribution in [0.3, 0.4) is 0 Å². The monoisotopic (exact) mass is 213 g/mol. The molecule has 0 fully saturated rings. The van der Waals surface area contributed by atoms with Crippen LogP contribution in [0.15, 0.2) is 18.2 Å². The van der Waals surface area contributed by atoms with E-state index < -0.39 is 0 Å². The minimum absolute atomic E-state index is 0.215. The van der Waals surface area contributed by atoms with Crippen molar-refractivity contribution in [2.75, 3.05) is 12.5 Å². The Labute approximate surface area is 91.0 Å². The molecule has 16 heavy (non-hydrogen) atoms. The molecule has 5 heteroatoms. The van der Waals surface area contributed by atoms with Gasteiger partial charge in [0, 0.05) is 11.5 Å². The molecule has 3 rings (SSSR count). The highest BCUT2D eigenvalue weighted by Gasteiger charge is 2.15. The van der Waals surface area contributed by atoms with Gasteiger partial charge in [0.1, 0.15) is 11.9 Å². The lowest BCUT2D eigenvalue weighted by atomic mass is 10.1. The van der Waals surface area contributed by atoms with Crippen LogP contribution in [-0.4, -0.2) is 11.8 Å². The highest BCUT2D eigenvalue weighted by molar-refractivity contribution is 5.86. The third-order valence-electron chi connectivity index (χ3n) is 2.46. The average Bonchev–Trinajstić information content (AvgIpc) is 2.72. The number of aromatic nitrogens is 1. The van der Waals surface area contributed by atoms with Gasteiger partial charge in [-0.3, -0.25) is 0 Å². The number of nitrogens with two attached hydrogens (primary N) is 1. The lowest BCUT2D eigenvalue weighted by molar-refractivity contribution is 0.174. The number of rotatable bonds is 0. The van der Waals surface area contributed by atoms with E-state index in [-0.39, 0.29) is 12.6 Å². The predicted octanol–water partition coefficient (Wildman–Crippen LogP) is 1.42. The molecule has 0 saturated heterocycles. The summed E-state index contributed by atoms with van der Waals surface area (Å²) in [5.74, 6) is 1.56. The van der Waals surface area contributed by atoms with Gasteiger partial charge in [0.15, 0.2) is 11.5 Å². The Hall–Kier alpha value is -2.48. The fourth-order valence-corrected chi connectivity index (χ4v) is 1.67. The number of ether oxygens (including phenoxy) is 2. The van der Waals surface area contributed by atoms with Crippen molar-refractivity contribution in [2.45, 2.75) is 0 Å². The molecular weight excluding hydrogens is 206 g/mol. The minimum atomic E-state index is 0.215. The number of nitrogen functional groups attached to an aromatic ring is 1. The van der Waals surface area contributed by atoms with Crippen molar-refractivity contribution in [1.29, 1.82) is 5.26 Å². The Morgan fingerprint density at radius 3 is 2.75 bits per heavy atom. The summed E-state index contributed by atoms with van der Waals surface area (Å²) in [7, 11) is 0. The number of hydrogen-bond acceptors (Lipinski definition) is 5. The zero-order valence-corrected chi connectivity index (χ0v) is 8.23. The third-order valence-corrected chi connectivity index (χ3v) is 2.46. The van der Waals surface area contributed by atoms with E-state index in [4.69, 9.17) is 20.5 Å². The Bertz CT molecular complexity index is 621. The maximum absolute atomic E-state index is 8.85. The van der Waals surface area contributed by atoms with E-state index in [0.29, 0.717) is 22.6 Å². The maximum atomic E-state index is 8.85. The Morgan fingerprint density at radius 1 is 1.25 bits per heavy atom. The highest BCUT2D eigenvalue weighted by atomic mass is 16.7. The molecule has 0 spiro atoms. The normalized spacial score (nSPS) is 12.7. The van der Waals surface area contributed by atoms with Gasteiger partial charge in [0.2, 0.25) is 6.79 Å².